The molecule has 120 valence electrons. The SMILES string of the molecule is N[C@@H]1c2cccc(F)c2CC12CCN(c1cnc(Br)cn1)CC2. The van der Waals surface area contributed by atoms with Crippen LogP contribution < -0.4 is 10.6 Å². The molecule has 1 aromatic carbocycles. The van der Waals surface area contributed by atoms with Crippen molar-refractivity contribution in [2.45, 2.75) is 25.3 Å². The van der Waals surface area contributed by atoms with Gasteiger partial charge >= 0.3 is 0 Å². The van der Waals surface area contributed by atoms with E-state index in [9.17, 15) is 4.39 Å². The summed E-state index contributed by atoms with van der Waals surface area (Å²) < 4.78 is 14.8. The molecule has 1 aromatic heterocycles. The van der Waals surface area contributed by atoms with E-state index in [0.29, 0.717) is 0 Å². The molecule has 1 aliphatic heterocycles. The molecular formula is C17H18BrFN4. The van der Waals surface area contributed by atoms with Crippen LogP contribution in [0.1, 0.15) is 30.0 Å². The second kappa shape index (κ2) is 5.53. The average molecular weight is 377 g/mol. The molecular weight excluding hydrogens is 359 g/mol. The third-order valence-electron chi connectivity index (χ3n) is 5.37. The molecule has 6 heteroatoms. The van der Waals surface area contributed by atoms with Crippen LogP contribution in [0.3, 0.4) is 0 Å². The van der Waals surface area contributed by atoms with Gasteiger partial charge in [0, 0.05) is 19.1 Å². The lowest BCUT2D eigenvalue weighted by Gasteiger charge is -2.42. The molecule has 2 heterocycles. The standard InChI is InChI=1S/C17H18BrFN4/c18-14-9-22-15(10-21-14)23-6-4-17(5-7-23)8-12-11(16(17)20)2-1-3-13(12)19/h1-3,9-10,16H,4-8,20H2/t16-/m1/s1. The van der Waals surface area contributed by atoms with Crippen molar-refractivity contribution in [3.05, 3.63) is 52.1 Å². The maximum Gasteiger partial charge on any atom is 0.147 e. The topological polar surface area (TPSA) is 55.0 Å². The molecule has 4 nitrogen and oxygen atoms in total. The lowest BCUT2D eigenvalue weighted by Crippen LogP contribution is -2.44. The zero-order valence-electron chi connectivity index (χ0n) is 12.7. The largest absolute Gasteiger partial charge is 0.355 e. The van der Waals surface area contributed by atoms with Gasteiger partial charge in [-0.1, -0.05) is 12.1 Å². The van der Waals surface area contributed by atoms with E-state index in [4.69, 9.17) is 5.73 Å². The maximum absolute atomic E-state index is 14.1. The minimum atomic E-state index is -0.115. The smallest absolute Gasteiger partial charge is 0.147 e. The van der Waals surface area contributed by atoms with Crippen molar-refractivity contribution >= 4 is 21.7 Å². The van der Waals surface area contributed by atoms with E-state index < -0.39 is 0 Å². The summed E-state index contributed by atoms with van der Waals surface area (Å²) in [6.45, 7) is 1.75. The molecule has 23 heavy (non-hydrogen) atoms. The van der Waals surface area contributed by atoms with Gasteiger partial charge in [-0.2, -0.15) is 0 Å². The van der Waals surface area contributed by atoms with E-state index in [2.05, 4.69) is 30.8 Å². The van der Waals surface area contributed by atoms with Crippen LogP contribution in [0.15, 0.2) is 35.2 Å². The van der Waals surface area contributed by atoms with Gasteiger partial charge in [-0.15, -0.1) is 0 Å². The number of benzene rings is 1. The highest BCUT2D eigenvalue weighted by Crippen LogP contribution is 2.51. The Balaban J connectivity index is 1.54. The van der Waals surface area contributed by atoms with Gasteiger partial charge in [-0.3, -0.25) is 0 Å². The monoisotopic (exact) mass is 376 g/mol. The van der Waals surface area contributed by atoms with Crippen molar-refractivity contribution < 1.29 is 4.39 Å². The number of halogens is 2. The fourth-order valence-electron chi connectivity index (χ4n) is 3.98. The van der Waals surface area contributed by atoms with Gasteiger partial charge in [-0.05, 0) is 57.8 Å². The molecule has 2 N–H and O–H groups in total. The van der Waals surface area contributed by atoms with E-state index >= 15 is 0 Å². The van der Waals surface area contributed by atoms with Crippen molar-refractivity contribution in [3.63, 3.8) is 0 Å². The average Bonchev–Trinajstić information content (AvgIpc) is 2.84. The molecule has 4 rings (SSSR count). The highest BCUT2D eigenvalue weighted by molar-refractivity contribution is 9.10. The van der Waals surface area contributed by atoms with Gasteiger partial charge in [0.1, 0.15) is 16.2 Å². The van der Waals surface area contributed by atoms with Crippen LogP contribution >= 0.6 is 15.9 Å². The first kappa shape index (κ1) is 15.0. The van der Waals surface area contributed by atoms with Crippen molar-refractivity contribution in [1.82, 2.24) is 9.97 Å². The predicted molar refractivity (Wildman–Crippen MR) is 90.6 cm³/mol. The molecule has 0 radical (unpaired) electrons. The van der Waals surface area contributed by atoms with Gasteiger partial charge in [-0.25, -0.2) is 14.4 Å². The van der Waals surface area contributed by atoms with Crippen LogP contribution in [0.4, 0.5) is 10.2 Å². The minimum Gasteiger partial charge on any atom is -0.355 e. The fraction of sp³-hybridized carbons (Fsp3) is 0.412. The molecule has 0 amide bonds. The third-order valence-corrected chi connectivity index (χ3v) is 5.78. The summed E-state index contributed by atoms with van der Waals surface area (Å²) in [5.41, 5.74) is 8.29. The summed E-state index contributed by atoms with van der Waals surface area (Å²) in [4.78, 5) is 10.9. The number of nitrogens with two attached hydrogens (primary N) is 1. The third kappa shape index (κ3) is 2.44. The van der Waals surface area contributed by atoms with E-state index in [1.165, 1.54) is 6.07 Å². The number of hydrogen-bond donors (Lipinski definition) is 1. The number of anilines is 1. The Kier molecular flexibility index (Phi) is 3.61. The van der Waals surface area contributed by atoms with Crippen molar-refractivity contribution in [3.8, 4) is 0 Å². The molecule has 1 aliphatic carbocycles. The Morgan fingerprint density at radius 3 is 2.65 bits per heavy atom. The Bertz CT molecular complexity index is 726. The first-order valence-electron chi connectivity index (χ1n) is 7.84. The van der Waals surface area contributed by atoms with E-state index in [-0.39, 0.29) is 17.3 Å². The summed E-state index contributed by atoms with van der Waals surface area (Å²) >= 11 is 3.31. The van der Waals surface area contributed by atoms with E-state index in [1.807, 2.05) is 6.07 Å². The highest BCUT2D eigenvalue weighted by atomic mass is 79.9. The first-order chi connectivity index (χ1) is 11.1. The van der Waals surface area contributed by atoms with Crippen LogP contribution in [0, 0.1) is 11.2 Å². The summed E-state index contributed by atoms with van der Waals surface area (Å²) in [6, 6.07) is 5.20. The molecule has 1 atom stereocenters. The maximum atomic E-state index is 14.1. The van der Waals surface area contributed by atoms with Crippen molar-refractivity contribution in [2.24, 2.45) is 11.1 Å². The second-order valence-electron chi connectivity index (χ2n) is 6.51. The van der Waals surface area contributed by atoms with Crippen LogP contribution in [0.2, 0.25) is 0 Å². The van der Waals surface area contributed by atoms with Crippen LogP contribution in [0.5, 0.6) is 0 Å². The molecule has 1 fully saturated rings. The normalized spacial score (nSPS) is 22.4. The minimum absolute atomic E-state index is 0.0240. The second-order valence-corrected chi connectivity index (χ2v) is 7.32. The Morgan fingerprint density at radius 2 is 2.00 bits per heavy atom. The zero-order valence-corrected chi connectivity index (χ0v) is 14.3. The summed E-state index contributed by atoms with van der Waals surface area (Å²) in [7, 11) is 0. The molecule has 2 aliphatic rings. The zero-order chi connectivity index (χ0) is 16.0. The van der Waals surface area contributed by atoms with Crippen LogP contribution in [-0.2, 0) is 6.42 Å². The van der Waals surface area contributed by atoms with Crippen molar-refractivity contribution in [2.75, 3.05) is 18.0 Å². The predicted octanol–water partition coefficient (Wildman–Crippen LogP) is 3.22. The van der Waals surface area contributed by atoms with E-state index in [0.717, 1.165) is 53.9 Å². The molecule has 1 saturated heterocycles. The van der Waals surface area contributed by atoms with Gasteiger partial charge in [0.05, 0.1) is 12.4 Å². The van der Waals surface area contributed by atoms with E-state index in [1.54, 1.807) is 18.5 Å². The van der Waals surface area contributed by atoms with Gasteiger partial charge in [0.2, 0.25) is 0 Å². The van der Waals surface area contributed by atoms with Gasteiger partial charge in [0.25, 0.3) is 0 Å². The lowest BCUT2D eigenvalue weighted by molar-refractivity contribution is 0.186. The van der Waals surface area contributed by atoms with Gasteiger partial charge < -0.3 is 10.6 Å². The van der Waals surface area contributed by atoms with Crippen molar-refractivity contribution in [1.29, 1.82) is 0 Å². The number of rotatable bonds is 1. The Hall–Kier alpha value is -1.53. The molecule has 0 unspecified atom stereocenters. The van der Waals surface area contributed by atoms with Crippen LogP contribution in [0.25, 0.3) is 0 Å². The lowest BCUT2D eigenvalue weighted by atomic mass is 9.73. The number of fused-ring (bicyclic) bond motifs is 1. The summed E-state index contributed by atoms with van der Waals surface area (Å²) in [5.74, 6) is 0.773. The molecule has 2 aromatic rings. The molecule has 0 bridgehead atoms. The Labute approximate surface area is 143 Å². The number of nitrogens with zero attached hydrogens (tertiary/aromatic N) is 3. The quantitative estimate of drug-likeness (QED) is 0.829. The summed E-state index contributed by atoms with van der Waals surface area (Å²) in [6.07, 6.45) is 6.13. The number of aromatic nitrogens is 2. The Morgan fingerprint density at radius 1 is 1.22 bits per heavy atom. The summed E-state index contributed by atoms with van der Waals surface area (Å²) in [5, 5.41) is 0. The first-order valence-corrected chi connectivity index (χ1v) is 8.64. The number of piperidine rings is 1. The molecule has 0 saturated carbocycles. The highest BCUT2D eigenvalue weighted by Gasteiger charge is 2.46. The molecule has 1 spiro atoms. The van der Waals surface area contributed by atoms with Gasteiger partial charge in [0.15, 0.2) is 0 Å². The number of hydrogen-bond acceptors (Lipinski definition) is 4. The van der Waals surface area contributed by atoms with Crippen LogP contribution in [-0.4, -0.2) is 23.1 Å². The fourth-order valence-corrected chi connectivity index (χ4v) is 4.19.